The molecular weight excluding hydrogens is 578 g/mol. The van der Waals surface area contributed by atoms with Crippen LogP contribution in [-0.2, 0) is 33.4 Å². The summed E-state index contributed by atoms with van der Waals surface area (Å²) in [6.07, 6.45) is 4.39. The molecular formula is C34H43N3O8. The average molecular weight is 622 g/mol. The molecule has 4 atom stereocenters. The molecule has 0 bridgehead atoms. The molecule has 0 saturated carbocycles. The van der Waals surface area contributed by atoms with E-state index in [1.165, 1.54) is 21.0 Å². The van der Waals surface area contributed by atoms with Crippen molar-refractivity contribution in [1.29, 1.82) is 0 Å². The number of methoxy groups -OCH3 is 1. The zero-order chi connectivity index (χ0) is 32.2. The van der Waals surface area contributed by atoms with Crippen molar-refractivity contribution < 1.29 is 38.2 Å². The van der Waals surface area contributed by atoms with E-state index in [0.29, 0.717) is 31.8 Å². The van der Waals surface area contributed by atoms with Gasteiger partial charge in [0.15, 0.2) is 18.1 Å². The highest BCUT2D eigenvalue weighted by molar-refractivity contribution is 6.12. The van der Waals surface area contributed by atoms with Gasteiger partial charge in [-0.05, 0) is 81.0 Å². The van der Waals surface area contributed by atoms with E-state index in [-0.39, 0.29) is 18.0 Å². The molecule has 0 aromatic heterocycles. The standard InChI is InChI=1S/C34H43N3O8/c1-34(32(39)35-2,33(40)36-45-30-10-6-8-22-43-30)37(3)31(38)27-19-15-25(16-20-27)12-11-24-13-17-26(18-14-24)28(23-41-4)44-29-9-5-7-21-42-29/h13-20,28-30H,5-10,21-23H2,1-4H3,(H,35,39)(H,36,40)/t28-,29?,30?,34?/m1/s1. The third-order valence-electron chi connectivity index (χ3n) is 8.05. The van der Waals surface area contributed by atoms with Crippen LogP contribution >= 0.6 is 0 Å². The number of carbonyl (C=O) groups excluding carboxylic acids is 3. The number of hydroxylamine groups is 1. The Balaban J connectivity index is 1.39. The molecule has 2 heterocycles. The minimum atomic E-state index is -1.89. The third kappa shape index (κ3) is 8.90. The van der Waals surface area contributed by atoms with Crippen molar-refractivity contribution in [3.63, 3.8) is 0 Å². The molecule has 3 unspecified atom stereocenters. The van der Waals surface area contributed by atoms with Crippen molar-refractivity contribution in [3.8, 4) is 11.8 Å². The normalized spacial score (nSPS) is 20.1. The monoisotopic (exact) mass is 621 g/mol. The molecule has 2 saturated heterocycles. The first-order valence-corrected chi connectivity index (χ1v) is 15.3. The van der Waals surface area contributed by atoms with E-state index in [4.69, 9.17) is 23.8 Å². The molecule has 2 fully saturated rings. The van der Waals surface area contributed by atoms with Gasteiger partial charge in [-0.2, -0.15) is 0 Å². The first-order chi connectivity index (χ1) is 21.8. The number of carbonyl (C=O) groups is 3. The largest absolute Gasteiger partial charge is 0.382 e. The van der Waals surface area contributed by atoms with E-state index in [1.807, 2.05) is 24.3 Å². The molecule has 0 spiro atoms. The van der Waals surface area contributed by atoms with Crippen LogP contribution < -0.4 is 10.8 Å². The van der Waals surface area contributed by atoms with Gasteiger partial charge < -0.3 is 29.2 Å². The van der Waals surface area contributed by atoms with Crippen LogP contribution in [-0.4, -0.2) is 81.8 Å². The van der Waals surface area contributed by atoms with Crippen LogP contribution in [0.3, 0.4) is 0 Å². The SMILES string of the molecule is CNC(=O)C(C)(C(=O)NOC1CCCCO1)N(C)C(=O)c1ccc(C#Cc2ccc([C@@H](COC)OC3CCCCO3)cc2)cc1. The molecule has 11 heteroatoms. The van der Waals surface area contributed by atoms with Gasteiger partial charge in [0.25, 0.3) is 17.7 Å². The molecule has 0 aliphatic carbocycles. The van der Waals surface area contributed by atoms with E-state index in [9.17, 15) is 14.4 Å². The van der Waals surface area contributed by atoms with Crippen LogP contribution in [0.15, 0.2) is 48.5 Å². The van der Waals surface area contributed by atoms with Gasteiger partial charge >= 0.3 is 0 Å². The molecule has 2 N–H and O–H groups in total. The maximum atomic E-state index is 13.4. The second-order valence-electron chi connectivity index (χ2n) is 11.2. The lowest BCUT2D eigenvalue weighted by Gasteiger charge is -2.36. The zero-order valence-corrected chi connectivity index (χ0v) is 26.4. The van der Waals surface area contributed by atoms with Crippen molar-refractivity contribution in [2.75, 3.05) is 41.0 Å². The summed E-state index contributed by atoms with van der Waals surface area (Å²) in [6.45, 7) is 3.02. The number of benzene rings is 2. The maximum Gasteiger partial charge on any atom is 0.279 e. The second kappa shape index (κ2) is 16.5. The van der Waals surface area contributed by atoms with Gasteiger partial charge in [0, 0.05) is 57.5 Å². The highest BCUT2D eigenvalue weighted by atomic mass is 16.8. The minimum Gasteiger partial charge on any atom is -0.382 e. The van der Waals surface area contributed by atoms with Gasteiger partial charge in [-0.1, -0.05) is 24.0 Å². The first-order valence-electron chi connectivity index (χ1n) is 15.3. The molecule has 2 aliphatic heterocycles. The molecule has 2 aromatic rings. The lowest BCUT2D eigenvalue weighted by atomic mass is 9.96. The Labute approximate surface area is 264 Å². The van der Waals surface area contributed by atoms with Crippen LogP contribution in [0.1, 0.15) is 78.6 Å². The van der Waals surface area contributed by atoms with Gasteiger partial charge in [-0.25, -0.2) is 10.3 Å². The summed E-state index contributed by atoms with van der Waals surface area (Å²) < 4.78 is 22.7. The fourth-order valence-corrected chi connectivity index (χ4v) is 5.06. The van der Waals surface area contributed by atoms with E-state index >= 15 is 0 Å². The summed E-state index contributed by atoms with van der Waals surface area (Å²) in [5.41, 5.74) is 3.21. The van der Waals surface area contributed by atoms with Crippen LogP contribution in [0.4, 0.5) is 0 Å². The summed E-state index contributed by atoms with van der Waals surface area (Å²) in [5, 5.41) is 2.47. The predicted octanol–water partition coefficient (Wildman–Crippen LogP) is 3.47. The number of nitrogens with one attached hydrogen (secondary N) is 2. The molecule has 4 rings (SSSR count). The number of amides is 3. The Bertz CT molecular complexity index is 1340. The van der Waals surface area contributed by atoms with Gasteiger partial charge in [-0.3, -0.25) is 14.4 Å². The number of ether oxygens (including phenoxy) is 4. The van der Waals surface area contributed by atoms with Crippen LogP contribution in [0, 0.1) is 11.8 Å². The van der Waals surface area contributed by atoms with Crippen LogP contribution in [0.2, 0.25) is 0 Å². The highest BCUT2D eigenvalue weighted by Crippen LogP contribution is 2.25. The van der Waals surface area contributed by atoms with E-state index in [1.54, 1.807) is 31.4 Å². The minimum absolute atomic E-state index is 0.224. The summed E-state index contributed by atoms with van der Waals surface area (Å²) in [6, 6.07) is 14.5. The van der Waals surface area contributed by atoms with Crippen LogP contribution in [0.5, 0.6) is 0 Å². The lowest BCUT2D eigenvalue weighted by Crippen LogP contribution is -2.65. The van der Waals surface area contributed by atoms with Gasteiger partial charge in [0.05, 0.1) is 6.61 Å². The third-order valence-corrected chi connectivity index (χ3v) is 8.05. The van der Waals surface area contributed by atoms with Crippen molar-refractivity contribution in [1.82, 2.24) is 15.7 Å². The first kappa shape index (κ1) is 34.1. The lowest BCUT2D eigenvalue weighted by molar-refractivity contribution is -0.204. The molecule has 11 nitrogen and oxygen atoms in total. The Morgan fingerprint density at radius 1 is 0.911 bits per heavy atom. The van der Waals surface area contributed by atoms with Gasteiger partial charge in [0.1, 0.15) is 6.10 Å². The van der Waals surface area contributed by atoms with Gasteiger partial charge in [-0.15, -0.1) is 0 Å². The topological polar surface area (TPSA) is 125 Å². The summed E-state index contributed by atoms with van der Waals surface area (Å²) in [7, 11) is 4.45. The maximum absolute atomic E-state index is 13.4. The Hall–Kier alpha value is -3.79. The van der Waals surface area contributed by atoms with Crippen molar-refractivity contribution in [3.05, 3.63) is 70.8 Å². The molecule has 45 heavy (non-hydrogen) atoms. The predicted molar refractivity (Wildman–Crippen MR) is 166 cm³/mol. The molecule has 242 valence electrons. The molecule has 2 aliphatic rings. The Kier molecular flexibility index (Phi) is 12.5. The average Bonchev–Trinajstić information content (AvgIpc) is 3.09. The highest BCUT2D eigenvalue weighted by Gasteiger charge is 2.47. The van der Waals surface area contributed by atoms with E-state index < -0.39 is 29.6 Å². The second-order valence-corrected chi connectivity index (χ2v) is 11.2. The Morgan fingerprint density at radius 3 is 2.02 bits per heavy atom. The quantitative estimate of drug-likeness (QED) is 0.222. The van der Waals surface area contributed by atoms with Gasteiger partial charge in [0.2, 0.25) is 0 Å². The smallest absolute Gasteiger partial charge is 0.279 e. The number of rotatable bonds is 11. The van der Waals surface area contributed by atoms with E-state index in [2.05, 4.69) is 22.6 Å². The van der Waals surface area contributed by atoms with Crippen molar-refractivity contribution in [2.24, 2.45) is 0 Å². The molecule has 0 radical (unpaired) electrons. The zero-order valence-electron chi connectivity index (χ0n) is 26.4. The van der Waals surface area contributed by atoms with Crippen molar-refractivity contribution in [2.45, 2.75) is 69.7 Å². The fourth-order valence-electron chi connectivity index (χ4n) is 5.06. The molecule has 3 amide bonds. The number of likely N-dealkylation sites (N-methyl/N-ethyl adjacent to an activating group) is 2. The summed E-state index contributed by atoms with van der Waals surface area (Å²) in [4.78, 5) is 45.9. The Morgan fingerprint density at radius 2 is 1.49 bits per heavy atom. The number of nitrogens with zero attached hydrogens (tertiary/aromatic N) is 1. The fraction of sp³-hybridized carbons (Fsp3) is 0.500. The summed E-state index contributed by atoms with van der Waals surface area (Å²) >= 11 is 0. The number of hydrogen-bond acceptors (Lipinski definition) is 8. The van der Waals surface area contributed by atoms with Crippen LogP contribution in [0.25, 0.3) is 0 Å². The summed E-state index contributed by atoms with van der Waals surface area (Å²) in [5.74, 6) is 4.28. The molecule has 2 aromatic carbocycles. The van der Waals surface area contributed by atoms with Crippen molar-refractivity contribution >= 4 is 17.7 Å². The number of hydrogen-bond donors (Lipinski definition) is 2. The van der Waals surface area contributed by atoms with E-state index in [0.717, 1.165) is 48.1 Å².